The minimum absolute atomic E-state index is 0.0555. The van der Waals surface area contributed by atoms with E-state index in [4.69, 9.17) is 21.1 Å². The lowest BCUT2D eigenvalue weighted by molar-refractivity contribution is -0.140. The van der Waals surface area contributed by atoms with Crippen LogP contribution in [0.3, 0.4) is 0 Å². The Kier molecular flexibility index (Phi) is 6.56. The van der Waals surface area contributed by atoms with Gasteiger partial charge in [0.2, 0.25) is 0 Å². The zero-order valence-electron chi connectivity index (χ0n) is 16.2. The van der Waals surface area contributed by atoms with Gasteiger partial charge in [-0.2, -0.15) is 0 Å². The average molecular weight is 416 g/mol. The Morgan fingerprint density at radius 2 is 1.72 bits per heavy atom. The molecule has 3 rings (SSSR count). The van der Waals surface area contributed by atoms with E-state index in [1.807, 2.05) is 0 Å². The van der Waals surface area contributed by atoms with E-state index in [1.165, 1.54) is 4.90 Å². The topological polar surface area (TPSA) is 76.1 Å². The van der Waals surface area contributed by atoms with Crippen LogP contribution in [0.15, 0.2) is 54.1 Å². The Hall–Kier alpha value is -2.83. The maximum Gasteiger partial charge on any atom is 0.295 e. The van der Waals surface area contributed by atoms with Gasteiger partial charge < -0.3 is 19.5 Å². The summed E-state index contributed by atoms with van der Waals surface area (Å²) in [5.41, 5.74) is 1.18. The van der Waals surface area contributed by atoms with Gasteiger partial charge in [0.15, 0.2) is 0 Å². The third-order valence-corrected chi connectivity index (χ3v) is 5.09. The highest BCUT2D eigenvalue weighted by Gasteiger charge is 2.45. The molecule has 2 aromatic carbocycles. The number of amides is 1. The molecule has 152 valence electrons. The molecule has 1 aliphatic rings. The molecule has 1 N–H and O–H groups in total. The quantitative estimate of drug-likeness (QED) is 0.322. The van der Waals surface area contributed by atoms with Gasteiger partial charge in [0.25, 0.3) is 11.7 Å². The molecule has 1 amide bonds. The SMILES string of the molecule is COCCCN1C(=O)C(=O)/C(=C(/O)c2ccc(OC)cc2)[C@@H]1c1ccc(Cl)cc1. The number of benzene rings is 2. The first kappa shape index (κ1) is 20.9. The third kappa shape index (κ3) is 4.28. The van der Waals surface area contributed by atoms with Crippen LogP contribution in [0.4, 0.5) is 0 Å². The Balaban J connectivity index is 2.09. The van der Waals surface area contributed by atoms with Crippen LogP contribution in [0, 0.1) is 0 Å². The van der Waals surface area contributed by atoms with Crippen LogP contribution in [-0.4, -0.2) is 49.1 Å². The standard InChI is InChI=1S/C22H22ClNO5/c1-28-13-3-12-24-19(14-4-8-16(23)9-5-14)18(21(26)22(24)27)20(25)15-6-10-17(29-2)11-7-15/h4-11,19,25H,3,12-13H2,1-2H3/b20-18+/t19-/m0/s1. The van der Waals surface area contributed by atoms with E-state index in [9.17, 15) is 14.7 Å². The summed E-state index contributed by atoms with van der Waals surface area (Å²) >= 11 is 6.00. The molecule has 2 aromatic rings. The highest BCUT2D eigenvalue weighted by atomic mass is 35.5. The molecule has 0 unspecified atom stereocenters. The molecule has 1 heterocycles. The minimum atomic E-state index is -0.712. The van der Waals surface area contributed by atoms with E-state index < -0.39 is 17.7 Å². The molecule has 1 fully saturated rings. The van der Waals surface area contributed by atoms with Gasteiger partial charge in [-0.3, -0.25) is 9.59 Å². The van der Waals surface area contributed by atoms with Crippen LogP contribution >= 0.6 is 11.6 Å². The summed E-state index contributed by atoms with van der Waals surface area (Å²) < 4.78 is 10.2. The number of carbonyl (C=O) groups excluding carboxylic acids is 2. The normalized spacial score (nSPS) is 18.3. The largest absolute Gasteiger partial charge is 0.507 e. The summed E-state index contributed by atoms with van der Waals surface area (Å²) in [6.45, 7) is 0.778. The van der Waals surface area contributed by atoms with Crippen LogP contribution in [0.1, 0.15) is 23.6 Å². The second-order valence-corrected chi connectivity index (χ2v) is 7.06. The zero-order chi connectivity index (χ0) is 21.0. The van der Waals surface area contributed by atoms with Crippen molar-refractivity contribution in [2.45, 2.75) is 12.5 Å². The van der Waals surface area contributed by atoms with Gasteiger partial charge in [0, 0.05) is 30.8 Å². The van der Waals surface area contributed by atoms with Crippen molar-refractivity contribution in [2.24, 2.45) is 0 Å². The summed E-state index contributed by atoms with van der Waals surface area (Å²) in [5.74, 6) is -0.956. The molecule has 29 heavy (non-hydrogen) atoms. The Labute approximate surface area is 174 Å². The summed E-state index contributed by atoms with van der Waals surface area (Å²) in [6.07, 6.45) is 0.566. The smallest absolute Gasteiger partial charge is 0.295 e. The maximum absolute atomic E-state index is 12.8. The lowest BCUT2D eigenvalue weighted by Gasteiger charge is -2.25. The van der Waals surface area contributed by atoms with Crippen molar-refractivity contribution in [1.82, 2.24) is 4.90 Å². The summed E-state index contributed by atoms with van der Waals surface area (Å²) in [4.78, 5) is 27.1. The maximum atomic E-state index is 12.8. The molecule has 0 aromatic heterocycles. The zero-order valence-corrected chi connectivity index (χ0v) is 17.0. The number of halogens is 1. The Morgan fingerprint density at radius 3 is 2.31 bits per heavy atom. The van der Waals surface area contributed by atoms with Crippen molar-refractivity contribution in [2.75, 3.05) is 27.4 Å². The van der Waals surface area contributed by atoms with E-state index in [0.29, 0.717) is 41.5 Å². The number of aliphatic hydroxyl groups excluding tert-OH is 1. The molecule has 0 radical (unpaired) electrons. The first-order chi connectivity index (χ1) is 14.0. The van der Waals surface area contributed by atoms with E-state index >= 15 is 0 Å². The minimum Gasteiger partial charge on any atom is -0.507 e. The van der Waals surface area contributed by atoms with Gasteiger partial charge in [-0.1, -0.05) is 23.7 Å². The number of rotatable bonds is 7. The number of ketones is 1. The Bertz CT molecular complexity index is 921. The third-order valence-electron chi connectivity index (χ3n) is 4.84. The van der Waals surface area contributed by atoms with Gasteiger partial charge in [-0.25, -0.2) is 0 Å². The van der Waals surface area contributed by atoms with Crippen LogP contribution in [0.25, 0.3) is 5.76 Å². The highest BCUT2D eigenvalue weighted by Crippen LogP contribution is 2.39. The van der Waals surface area contributed by atoms with Crippen molar-refractivity contribution < 1.29 is 24.2 Å². The summed E-state index contributed by atoms with van der Waals surface area (Å²) in [6, 6.07) is 12.8. The molecule has 1 atom stereocenters. The number of methoxy groups -OCH3 is 2. The molecule has 0 bridgehead atoms. The molecule has 1 aliphatic heterocycles. The van der Waals surface area contributed by atoms with E-state index in [-0.39, 0.29) is 11.3 Å². The van der Waals surface area contributed by atoms with Gasteiger partial charge in [-0.15, -0.1) is 0 Å². The van der Waals surface area contributed by atoms with Crippen molar-refractivity contribution in [3.63, 3.8) is 0 Å². The fourth-order valence-corrected chi connectivity index (χ4v) is 3.51. The summed E-state index contributed by atoms with van der Waals surface area (Å²) in [5, 5.41) is 11.5. The molecule has 7 heteroatoms. The van der Waals surface area contributed by atoms with E-state index in [1.54, 1.807) is 62.8 Å². The van der Waals surface area contributed by atoms with Gasteiger partial charge >= 0.3 is 0 Å². The van der Waals surface area contributed by atoms with E-state index in [2.05, 4.69) is 0 Å². The number of aliphatic hydroxyl groups is 1. The predicted octanol–water partition coefficient (Wildman–Crippen LogP) is 3.81. The number of hydrogen-bond acceptors (Lipinski definition) is 5. The average Bonchev–Trinajstić information content (AvgIpc) is 2.99. The first-order valence-electron chi connectivity index (χ1n) is 9.15. The Morgan fingerprint density at radius 1 is 1.07 bits per heavy atom. The monoisotopic (exact) mass is 415 g/mol. The van der Waals surface area contributed by atoms with Gasteiger partial charge in [0.05, 0.1) is 18.7 Å². The van der Waals surface area contributed by atoms with Gasteiger partial charge in [-0.05, 0) is 48.4 Å². The molecule has 6 nitrogen and oxygen atoms in total. The molecule has 0 saturated carbocycles. The fraction of sp³-hybridized carbons (Fsp3) is 0.273. The second kappa shape index (κ2) is 9.11. The van der Waals surface area contributed by atoms with Crippen molar-refractivity contribution >= 4 is 29.1 Å². The second-order valence-electron chi connectivity index (χ2n) is 6.62. The number of nitrogens with zero attached hydrogens (tertiary/aromatic N) is 1. The van der Waals surface area contributed by atoms with Crippen molar-refractivity contribution in [1.29, 1.82) is 0 Å². The lowest BCUT2D eigenvalue weighted by Crippen LogP contribution is -2.31. The van der Waals surface area contributed by atoms with Crippen LogP contribution < -0.4 is 4.74 Å². The van der Waals surface area contributed by atoms with Crippen LogP contribution in [0.2, 0.25) is 5.02 Å². The summed E-state index contributed by atoms with van der Waals surface area (Å²) in [7, 11) is 3.12. The van der Waals surface area contributed by atoms with Crippen LogP contribution in [0.5, 0.6) is 5.75 Å². The number of ether oxygens (including phenoxy) is 2. The number of likely N-dealkylation sites (tertiary alicyclic amines) is 1. The molecule has 0 spiro atoms. The number of Topliss-reactive ketones (excluding diaryl/α,β-unsaturated/α-hetero) is 1. The predicted molar refractivity (Wildman–Crippen MR) is 110 cm³/mol. The first-order valence-corrected chi connectivity index (χ1v) is 9.53. The van der Waals surface area contributed by atoms with Gasteiger partial charge in [0.1, 0.15) is 11.5 Å². The van der Waals surface area contributed by atoms with Crippen molar-refractivity contribution in [3.05, 3.63) is 70.3 Å². The molecule has 0 aliphatic carbocycles. The van der Waals surface area contributed by atoms with Crippen LogP contribution in [-0.2, 0) is 14.3 Å². The fourth-order valence-electron chi connectivity index (χ4n) is 3.39. The number of carbonyl (C=O) groups is 2. The number of hydrogen-bond donors (Lipinski definition) is 1. The van der Waals surface area contributed by atoms with E-state index in [0.717, 1.165) is 0 Å². The molecule has 1 saturated heterocycles. The van der Waals surface area contributed by atoms with Crippen molar-refractivity contribution in [3.8, 4) is 5.75 Å². The highest BCUT2D eigenvalue weighted by molar-refractivity contribution is 6.46. The molecular formula is C22H22ClNO5. The lowest BCUT2D eigenvalue weighted by atomic mass is 9.95. The molecular weight excluding hydrogens is 394 g/mol.